The summed E-state index contributed by atoms with van der Waals surface area (Å²) in [5.41, 5.74) is 1.25. The smallest absolute Gasteiger partial charge is 0.255 e. The molecule has 1 aromatic rings. The van der Waals surface area contributed by atoms with Gasteiger partial charge in [-0.25, -0.2) is 0 Å². The Morgan fingerprint density at radius 3 is 2.56 bits per heavy atom. The Balaban J connectivity index is 0.00000484. The summed E-state index contributed by atoms with van der Waals surface area (Å²) < 4.78 is 45.0. The van der Waals surface area contributed by atoms with E-state index in [1.807, 2.05) is 0 Å². The lowest BCUT2D eigenvalue weighted by atomic mass is 9.57. The first-order valence-electron chi connectivity index (χ1n) is 13.7. The number of hydrogen-bond acceptors (Lipinski definition) is 10. The molecule has 1 fully saturated rings. The Morgan fingerprint density at radius 1 is 1.28 bits per heavy atom. The summed E-state index contributed by atoms with van der Waals surface area (Å²) in [6, 6.07) is 1.15. The van der Waals surface area contributed by atoms with Crippen LogP contribution in [0.25, 0.3) is 5.76 Å². The van der Waals surface area contributed by atoms with Gasteiger partial charge in [0.25, 0.3) is 5.91 Å². The van der Waals surface area contributed by atoms with Crippen molar-refractivity contribution in [3.63, 3.8) is 0 Å². The maximum atomic E-state index is 13.9. The van der Waals surface area contributed by atoms with Gasteiger partial charge in [0.2, 0.25) is 5.78 Å². The molecular formula is C24H30ClN3O8. The molecule has 0 heterocycles. The highest BCUT2D eigenvalue weighted by Gasteiger charge is 2.64. The highest BCUT2D eigenvalue weighted by atomic mass is 35.5. The summed E-state index contributed by atoms with van der Waals surface area (Å²) in [5, 5.41) is 44.7. The van der Waals surface area contributed by atoms with Crippen molar-refractivity contribution < 1.29 is 47.9 Å². The molecule has 1 amide bonds. The molecule has 3 aliphatic rings. The van der Waals surface area contributed by atoms with Crippen molar-refractivity contribution in [1.29, 1.82) is 0 Å². The third-order valence-corrected chi connectivity index (χ3v) is 7.13. The van der Waals surface area contributed by atoms with Crippen LogP contribution in [-0.2, 0) is 32.2 Å². The maximum absolute atomic E-state index is 13.9. The van der Waals surface area contributed by atoms with E-state index in [0.29, 0.717) is 0 Å². The SMILES string of the molecule is Cl.[2H]C([2H])([2H])ON(Cc1ccc(O)c2c1C[C@H]1C[C@H]3[C@H](N(C)C)C(=O)C(C(N)=O)=C(O)[C@@]3(O)C(=O)C1=C2O)C([2H])([2H])[2H]. The number of Topliss-reactive ketones (excluding diaryl/α,β-unsaturated/α-hetero) is 2. The number of aromatic hydroxyl groups is 1. The molecule has 0 saturated heterocycles. The van der Waals surface area contributed by atoms with E-state index in [9.17, 15) is 34.8 Å². The first-order chi connectivity index (χ1) is 18.7. The Hall–Kier alpha value is -2.96. The monoisotopic (exact) mass is 529 g/mol. The zero-order chi connectivity index (χ0) is 31.0. The van der Waals surface area contributed by atoms with Gasteiger partial charge in [-0.15, -0.1) is 12.4 Å². The summed E-state index contributed by atoms with van der Waals surface area (Å²) in [6.07, 6.45) is -0.281. The van der Waals surface area contributed by atoms with Gasteiger partial charge in [0, 0.05) is 29.1 Å². The van der Waals surface area contributed by atoms with Crippen LogP contribution in [0.1, 0.15) is 31.3 Å². The first kappa shape index (κ1) is 20.1. The number of fused-ring (bicyclic) bond motifs is 3. The number of hydrogen-bond donors (Lipinski definition) is 5. The van der Waals surface area contributed by atoms with Crippen LogP contribution in [0.3, 0.4) is 0 Å². The zero-order valence-corrected chi connectivity index (χ0v) is 20.1. The minimum Gasteiger partial charge on any atom is -0.508 e. The molecule has 196 valence electrons. The number of likely N-dealkylation sites (N-methyl/N-ethyl adjacent to an activating group) is 1. The minimum absolute atomic E-state index is 0. The molecule has 4 rings (SSSR count). The molecule has 6 N–H and O–H groups in total. The van der Waals surface area contributed by atoms with E-state index < -0.39 is 84.4 Å². The van der Waals surface area contributed by atoms with Gasteiger partial charge < -0.3 is 31.0 Å². The number of benzene rings is 1. The first-order valence-corrected chi connectivity index (χ1v) is 10.7. The third-order valence-electron chi connectivity index (χ3n) is 7.13. The van der Waals surface area contributed by atoms with E-state index >= 15 is 0 Å². The summed E-state index contributed by atoms with van der Waals surface area (Å²) in [7, 11) is -0.162. The highest BCUT2D eigenvalue weighted by Crippen LogP contribution is 2.52. The number of primary amides is 1. The van der Waals surface area contributed by atoms with Gasteiger partial charge in [0.1, 0.15) is 22.8 Å². The molecule has 3 aliphatic carbocycles. The Kier molecular flexibility index (Phi) is 5.31. The minimum atomic E-state index is -3.10. The number of carbonyl (C=O) groups excluding carboxylic acids is 3. The number of nitrogens with two attached hydrogens (primary N) is 1. The zero-order valence-electron chi connectivity index (χ0n) is 25.3. The molecule has 0 bridgehead atoms. The predicted molar refractivity (Wildman–Crippen MR) is 130 cm³/mol. The molecule has 36 heavy (non-hydrogen) atoms. The summed E-state index contributed by atoms with van der Waals surface area (Å²) in [6.45, 7) is -3.63. The van der Waals surface area contributed by atoms with Gasteiger partial charge in [0.15, 0.2) is 11.4 Å². The largest absolute Gasteiger partial charge is 0.508 e. The quantitative estimate of drug-likeness (QED) is 0.265. The van der Waals surface area contributed by atoms with Crippen LogP contribution in [-0.4, -0.2) is 87.6 Å². The average molecular weight is 530 g/mol. The Labute approximate surface area is 222 Å². The van der Waals surface area contributed by atoms with Gasteiger partial charge in [-0.1, -0.05) is 6.07 Å². The number of amides is 1. The van der Waals surface area contributed by atoms with Crippen molar-refractivity contribution in [1.82, 2.24) is 9.96 Å². The van der Waals surface area contributed by atoms with Crippen LogP contribution in [0.5, 0.6) is 5.75 Å². The maximum Gasteiger partial charge on any atom is 0.255 e. The highest BCUT2D eigenvalue weighted by molar-refractivity contribution is 6.24. The standard InChI is InChI=1S/C24H29N3O8.ClH/c1-26(2)18-13-8-11-7-12-10(9-27(3)35-4)5-6-14(28)16(12)19(29)15(11)21(31)24(13,34)22(32)17(20(18)30)23(25)33;/h5-6,11,13,18,28-29,32,34H,7-9H2,1-4H3,(H2,25,33);1H/t11-,13-,18-,24-;/m0./s1/i3D3,4D3;. The lowest BCUT2D eigenvalue weighted by Crippen LogP contribution is -2.65. The van der Waals surface area contributed by atoms with E-state index in [4.69, 9.17) is 14.0 Å². The van der Waals surface area contributed by atoms with Crippen molar-refractivity contribution >= 4 is 35.6 Å². The molecule has 0 unspecified atom stereocenters. The molecule has 1 aromatic carbocycles. The number of rotatable bonds is 5. The Morgan fingerprint density at radius 2 is 1.97 bits per heavy atom. The molecule has 1 saturated carbocycles. The van der Waals surface area contributed by atoms with Crippen molar-refractivity contribution in [3.8, 4) is 5.75 Å². The number of ketones is 2. The molecule has 0 aromatic heterocycles. The van der Waals surface area contributed by atoms with Gasteiger partial charge >= 0.3 is 0 Å². The number of nitrogens with zero attached hydrogens (tertiary/aromatic N) is 2. The van der Waals surface area contributed by atoms with Crippen LogP contribution in [0.4, 0.5) is 0 Å². The Bertz CT molecular complexity index is 1410. The second kappa shape index (κ2) is 9.49. The fourth-order valence-corrected chi connectivity index (χ4v) is 5.64. The average Bonchev–Trinajstić information content (AvgIpc) is 2.80. The summed E-state index contributed by atoms with van der Waals surface area (Å²) in [5.74, 6) is -8.13. The van der Waals surface area contributed by atoms with E-state index in [-0.39, 0.29) is 52.6 Å². The van der Waals surface area contributed by atoms with Crippen molar-refractivity contribution in [2.45, 2.75) is 31.0 Å². The molecule has 4 atom stereocenters. The summed E-state index contributed by atoms with van der Waals surface area (Å²) in [4.78, 5) is 45.2. The van der Waals surface area contributed by atoms with E-state index in [1.165, 1.54) is 25.1 Å². The van der Waals surface area contributed by atoms with E-state index in [0.717, 1.165) is 6.07 Å². The van der Waals surface area contributed by atoms with Crippen molar-refractivity contribution in [3.05, 3.63) is 45.7 Å². The fraction of sp³-hybridized carbons (Fsp3) is 0.458. The molecule has 0 spiro atoms. The fourth-order valence-electron chi connectivity index (χ4n) is 5.64. The number of aliphatic hydroxyl groups excluding tert-OH is 2. The third kappa shape index (κ3) is 3.78. The van der Waals surface area contributed by atoms with Crippen molar-refractivity contribution in [2.75, 3.05) is 28.1 Å². The number of aliphatic hydroxyl groups is 3. The van der Waals surface area contributed by atoms with Crippen molar-refractivity contribution in [2.24, 2.45) is 17.6 Å². The predicted octanol–water partition coefficient (Wildman–Crippen LogP) is 0.379. The van der Waals surface area contributed by atoms with Gasteiger partial charge in [0.05, 0.1) is 22.8 Å². The molecule has 0 radical (unpaired) electrons. The molecule has 11 nitrogen and oxygen atoms in total. The lowest BCUT2D eigenvalue weighted by Gasteiger charge is -2.50. The van der Waals surface area contributed by atoms with Crippen LogP contribution < -0.4 is 5.73 Å². The molecule has 0 aliphatic heterocycles. The molecule has 12 heteroatoms. The van der Waals surface area contributed by atoms with E-state index in [2.05, 4.69) is 4.84 Å². The van der Waals surface area contributed by atoms with Gasteiger partial charge in [-0.05, 0) is 50.0 Å². The number of phenols is 1. The van der Waals surface area contributed by atoms with Crippen LogP contribution in [0, 0.1) is 11.8 Å². The normalized spacial score (nSPS) is 30.8. The van der Waals surface area contributed by atoms with Crippen LogP contribution >= 0.6 is 12.4 Å². The number of hydroxylamine groups is 2. The number of phenolic OH excluding ortho intramolecular Hbond substituents is 1. The van der Waals surface area contributed by atoms with Crippen LogP contribution in [0.15, 0.2) is 29.0 Å². The second-order valence-electron chi connectivity index (χ2n) is 9.19. The number of halogens is 1. The second-order valence-corrected chi connectivity index (χ2v) is 9.19. The van der Waals surface area contributed by atoms with Gasteiger partial charge in [-0.3, -0.25) is 19.3 Å². The van der Waals surface area contributed by atoms with E-state index in [1.54, 1.807) is 0 Å². The van der Waals surface area contributed by atoms with Crippen LogP contribution in [0.2, 0.25) is 0 Å². The summed E-state index contributed by atoms with van der Waals surface area (Å²) >= 11 is 0. The topological polar surface area (TPSA) is 174 Å². The number of carbonyl (C=O) groups is 3. The molecular weight excluding hydrogens is 494 g/mol. The lowest BCUT2D eigenvalue weighted by molar-refractivity contribution is -0.153. The van der Waals surface area contributed by atoms with Gasteiger partial charge in [-0.2, -0.15) is 5.06 Å².